The second-order valence-electron chi connectivity index (χ2n) is 0.752. The van der Waals surface area contributed by atoms with Crippen LogP contribution in [-0.2, 0) is 4.79 Å². The van der Waals surface area contributed by atoms with Gasteiger partial charge in [-0.3, -0.25) is 0 Å². The van der Waals surface area contributed by atoms with Gasteiger partial charge in [0.15, 0.2) is 0 Å². The zero-order valence-electron chi connectivity index (χ0n) is 3.01. The molecule has 0 aromatic carbocycles. The van der Waals surface area contributed by atoms with E-state index in [0.717, 1.165) is 0 Å². The third-order valence-electron chi connectivity index (χ3n) is 0.247. The molecule has 2 nitrogen and oxygen atoms in total. The monoisotopic (exact) mass is 120 g/mol. The Bertz CT molecular complexity index is 75.7. The zero-order chi connectivity index (χ0) is 5.15. The molecule has 0 aliphatic carbocycles. The molecule has 0 heterocycles. The fourth-order valence-corrected chi connectivity index (χ4v) is 0. The molecule has 0 aromatic rings. The van der Waals surface area contributed by atoms with Crippen LogP contribution in [-0.4, -0.2) is 11.1 Å². The minimum atomic E-state index is -1.07. The number of carboxylic acid groups (broad SMARTS) is 1. The maximum absolute atomic E-state index is 9.52. The van der Waals surface area contributed by atoms with Gasteiger partial charge in [0.05, 0.1) is 4.91 Å². The Labute approximate surface area is 48.3 Å². The standard InChI is InChI=1S/C3H4O2S.CH4/c1-2(6)3(4)5;/h6H,1H2,(H,4,5);1H4. The van der Waals surface area contributed by atoms with E-state index < -0.39 is 5.97 Å². The Morgan fingerprint density at radius 3 is 1.86 bits per heavy atom. The summed E-state index contributed by atoms with van der Waals surface area (Å²) >= 11 is 3.40. The molecule has 3 heteroatoms. The summed E-state index contributed by atoms with van der Waals surface area (Å²) in [5.41, 5.74) is 0. The first-order valence-electron chi connectivity index (χ1n) is 1.25. The molecule has 7 heavy (non-hydrogen) atoms. The van der Waals surface area contributed by atoms with Gasteiger partial charge in [-0.2, -0.15) is 0 Å². The Balaban J connectivity index is 0. The Kier molecular flexibility index (Phi) is 5.21. The molecule has 0 bridgehead atoms. The molecule has 0 aliphatic rings. The predicted octanol–water partition coefficient (Wildman–Crippen LogP) is 1.15. The SMILES string of the molecule is C.C=C(S)C(=O)O. The molecule has 0 amide bonds. The molecule has 0 saturated carbocycles. The molecule has 0 spiro atoms. The van der Waals surface area contributed by atoms with E-state index in [2.05, 4.69) is 19.2 Å². The first-order chi connectivity index (χ1) is 2.64. The number of hydrogen-bond acceptors (Lipinski definition) is 2. The predicted molar refractivity (Wildman–Crippen MR) is 32.5 cm³/mol. The van der Waals surface area contributed by atoms with Gasteiger partial charge in [-0.15, -0.1) is 12.6 Å². The maximum atomic E-state index is 9.52. The van der Waals surface area contributed by atoms with Crippen LogP contribution in [0.2, 0.25) is 0 Å². The van der Waals surface area contributed by atoms with Gasteiger partial charge >= 0.3 is 5.97 Å². The summed E-state index contributed by atoms with van der Waals surface area (Å²) in [7, 11) is 0. The third kappa shape index (κ3) is 5.56. The van der Waals surface area contributed by atoms with Crippen LogP contribution in [0.5, 0.6) is 0 Å². The fourth-order valence-electron chi connectivity index (χ4n) is 0. The average molecular weight is 120 g/mol. The van der Waals surface area contributed by atoms with Crippen LogP contribution in [0.3, 0.4) is 0 Å². The first-order valence-corrected chi connectivity index (χ1v) is 1.70. The van der Waals surface area contributed by atoms with Gasteiger partial charge in [0.1, 0.15) is 0 Å². The summed E-state index contributed by atoms with van der Waals surface area (Å²) in [5.74, 6) is -1.07. The molecule has 0 saturated heterocycles. The van der Waals surface area contributed by atoms with Gasteiger partial charge in [-0.25, -0.2) is 4.79 Å². The van der Waals surface area contributed by atoms with E-state index in [-0.39, 0.29) is 12.3 Å². The van der Waals surface area contributed by atoms with E-state index in [9.17, 15) is 4.79 Å². The van der Waals surface area contributed by atoms with Crippen LogP contribution in [0, 0.1) is 0 Å². The second kappa shape index (κ2) is 3.74. The van der Waals surface area contributed by atoms with Gasteiger partial charge in [-0.05, 0) is 0 Å². The molecular formula is C4H8O2S. The number of carbonyl (C=O) groups is 1. The van der Waals surface area contributed by atoms with Crippen molar-refractivity contribution in [1.29, 1.82) is 0 Å². The van der Waals surface area contributed by atoms with Gasteiger partial charge in [0, 0.05) is 0 Å². The summed E-state index contributed by atoms with van der Waals surface area (Å²) in [5, 5.41) is 7.81. The molecule has 0 radical (unpaired) electrons. The van der Waals surface area contributed by atoms with Crippen molar-refractivity contribution in [2.45, 2.75) is 7.43 Å². The van der Waals surface area contributed by atoms with E-state index in [0.29, 0.717) is 0 Å². The summed E-state index contributed by atoms with van der Waals surface area (Å²) in [6.07, 6.45) is 0. The Hall–Kier alpha value is -0.440. The second-order valence-corrected chi connectivity index (χ2v) is 1.29. The molecule has 0 rings (SSSR count). The van der Waals surface area contributed by atoms with E-state index in [1.165, 1.54) is 0 Å². The fraction of sp³-hybridized carbons (Fsp3) is 0.250. The topological polar surface area (TPSA) is 37.3 Å². The van der Waals surface area contributed by atoms with E-state index in [1.807, 2.05) is 0 Å². The van der Waals surface area contributed by atoms with Crippen molar-refractivity contribution in [2.24, 2.45) is 0 Å². The Morgan fingerprint density at radius 1 is 1.71 bits per heavy atom. The number of aliphatic carboxylic acids is 1. The quantitative estimate of drug-likeness (QED) is 0.402. The molecule has 0 aliphatic heterocycles. The highest BCUT2D eigenvalue weighted by Crippen LogP contribution is 1.91. The van der Waals surface area contributed by atoms with E-state index in [1.54, 1.807) is 0 Å². The number of carboxylic acids is 1. The minimum Gasteiger partial charge on any atom is -0.477 e. The number of hydrogen-bond donors (Lipinski definition) is 2. The molecule has 1 N–H and O–H groups in total. The van der Waals surface area contributed by atoms with Gasteiger partial charge in [0.2, 0.25) is 0 Å². The molecule has 0 aromatic heterocycles. The highest BCUT2D eigenvalue weighted by molar-refractivity contribution is 7.85. The zero-order valence-corrected chi connectivity index (χ0v) is 3.90. The Morgan fingerprint density at radius 2 is 1.86 bits per heavy atom. The normalized spacial score (nSPS) is 6.43. The van der Waals surface area contributed by atoms with Crippen LogP contribution < -0.4 is 0 Å². The lowest BCUT2D eigenvalue weighted by Crippen LogP contribution is -1.89. The van der Waals surface area contributed by atoms with Crippen molar-refractivity contribution in [2.75, 3.05) is 0 Å². The molecule has 42 valence electrons. The lowest BCUT2D eigenvalue weighted by Gasteiger charge is -1.78. The molecular weight excluding hydrogens is 112 g/mol. The molecule has 0 fully saturated rings. The maximum Gasteiger partial charge on any atom is 0.341 e. The summed E-state index contributed by atoms with van der Waals surface area (Å²) < 4.78 is 0. The van der Waals surface area contributed by atoms with Crippen molar-refractivity contribution in [3.63, 3.8) is 0 Å². The van der Waals surface area contributed by atoms with Gasteiger partial charge < -0.3 is 5.11 Å². The minimum absolute atomic E-state index is 0. The van der Waals surface area contributed by atoms with Crippen LogP contribution in [0.15, 0.2) is 11.5 Å². The third-order valence-corrected chi connectivity index (χ3v) is 0.438. The molecule has 0 atom stereocenters. The first kappa shape index (κ1) is 9.75. The summed E-state index contributed by atoms with van der Waals surface area (Å²) in [6.45, 7) is 3.02. The van der Waals surface area contributed by atoms with Crippen LogP contribution >= 0.6 is 12.6 Å². The lowest BCUT2D eigenvalue weighted by molar-refractivity contribution is -0.131. The number of rotatable bonds is 1. The van der Waals surface area contributed by atoms with E-state index in [4.69, 9.17) is 5.11 Å². The van der Waals surface area contributed by atoms with Gasteiger partial charge in [-0.1, -0.05) is 14.0 Å². The van der Waals surface area contributed by atoms with Crippen LogP contribution in [0.4, 0.5) is 0 Å². The smallest absolute Gasteiger partial charge is 0.341 e. The van der Waals surface area contributed by atoms with Crippen molar-refractivity contribution in [1.82, 2.24) is 0 Å². The summed E-state index contributed by atoms with van der Waals surface area (Å²) in [4.78, 5) is 9.39. The van der Waals surface area contributed by atoms with Crippen molar-refractivity contribution in [3.8, 4) is 0 Å². The molecule has 0 unspecified atom stereocenters. The van der Waals surface area contributed by atoms with Crippen LogP contribution in [0.25, 0.3) is 0 Å². The van der Waals surface area contributed by atoms with Crippen molar-refractivity contribution in [3.05, 3.63) is 11.5 Å². The summed E-state index contributed by atoms with van der Waals surface area (Å²) in [6, 6.07) is 0. The largest absolute Gasteiger partial charge is 0.477 e. The van der Waals surface area contributed by atoms with Crippen LogP contribution in [0.1, 0.15) is 7.43 Å². The highest BCUT2D eigenvalue weighted by atomic mass is 32.1. The van der Waals surface area contributed by atoms with E-state index >= 15 is 0 Å². The number of thiol groups is 1. The van der Waals surface area contributed by atoms with Crippen molar-refractivity contribution >= 4 is 18.6 Å². The average Bonchev–Trinajstić information content (AvgIpc) is 1.36. The lowest BCUT2D eigenvalue weighted by atomic mass is 10.7. The highest BCUT2D eigenvalue weighted by Gasteiger charge is 1.91. The van der Waals surface area contributed by atoms with Gasteiger partial charge in [0.25, 0.3) is 0 Å². The van der Waals surface area contributed by atoms with Crippen molar-refractivity contribution < 1.29 is 9.90 Å².